The Morgan fingerprint density at radius 1 is 1.13 bits per heavy atom. The van der Waals surface area contributed by atoms with Gasteiger partial charge in [0, 0.05) is 18.8 Å². The zero-order valence-electron chi connectivity index (χ0n) is 17.1. The van der Waals surface area contributed by atoms with Crippen molar-refractivity contribution in [3.63, 3.8) is 0 Å². The van der Waals surface area contributed by atoms with Crippen LogP contribution in [0.2, 0.25) is 0 Å². The second-order valence-corrected chi connectivity index (χ2v) is 6.50. The summed E-state index contributed by atoms with van der Waals surface area (Å²) < 4.78 is 17.7. The molecule has 0 bridgehead atoms. The molecule has 1 amide bonds. The number of anilines is 1. The average molecular weight is 405 g/mol. The molecule has 0 radical (unpaired) electrons. The van der Waals surface area contributed by atoms with Crippen LogP contribution in [-0.4, -0.2) is 36.5 Å². The standard InChI is InChI=1S/C23H23N3O4/c1-5-12-30-20-11-8-17(14-21(20)29-4)19-15-26(2)25-23(19)24-22(27)13-16-6-9-18(28-3)10-7-16/h1,6-11,14-15H,12-13H2,2-4H3,(H,24,25,27). The molecule has 0 aliphatic rings. The van der Waals surface area contributed by atoms with E-state index in [0.29, 0.717) is 17.3 Å². The number of hydrogen-bond donors (Lipinski definition) is 1. The maximum atomic E-state index is 12.6. The number of aryl methyl sites for hydroxylation is 1. The maximum absolute atomic E-state index is 12.6. The minimum atomic E-state index is -0.166. The third-order valence-corrected chi connectivity index (χ3v) is 4.40. The van der Waals surface area contributed by atoms with Crippen LogP contribution in [0.3, 0.4) is 0 Å². The van der Waals surface area contributed by atoms with Crippen LogP contribution >= 0.6 is 0 Å². The summed E-state index contributed by atoms with van der Waals surface area (Å²) in [5.74, 6) is 4.57. The van der Waals surface area contributed by atoms with Gasteiger partial charge in [0.25, 0.3) is 0 Å². The van der Waals surface area contributed by atoms with Crippen LogP contribution in [0.4, 0.5) is 5.82 Å². The van der Waals surface area contributed by atoms with Gasteiger partial charge in [0.2, 0.25) is 5.91 Å². The van der Waals surface area contributed by atoms with Crippen molar-refractivity contribution in [3.8, 4) is 40.7 Å². The van der Waals surface area contributed by atoms with E-state index in [1.54, 1.807) is 32.0 Å². The van der Waals surface area contributed by atoms with Crippen molar-refractivity contribution in [2.75, 3.05) is 26.1 Å². The number of nitrogens with zero attached hydrogens (tertiary/aromatic N) is 2. The smallest absolute Gasteiger partial charge is 0.230 e. The first-order valence-corrected chi connectivity index (χ1v) is 9.25. The van der Waals surface area contributed by atoms with Crippen molar-refractivity contribution in [1.29, 1.82) is 0 Å². The average Bonchev–Trinajstić information content (AvgIpc) is 3.12. The van der Waals surface area contributed by atoms with Gasteiger partial charge in [-0.05, 0) is 35.4 Å². The highest BCUT2D eigenvalue weighted by Gasteiger charge is 2.16. The van der Waals surface area contributed by atoms with Crippen LogP contribution in [0.15, 0.2) is 48.7 Å². The fraction of sp³-hybridized carbons (Fsp3) is 0.217. The van der Waals surface area contributed by atoms with E-state index in [-0.39, 0.29) is 18.9 Å². The van der Waals surface area contributed by atoms with Gasteiger partial charge in [-0.15, -0.1) is 6.42 Å². The number of nitrogens with one attached hydrogen (secondary N) is 1. The SMILES string of the molecule is C#CCOc1ccc(-c2cn(C)nc2NC(=O)Cc2ccc(OC)cc2)cc1OC. The zero-order chi connectivity index (χ0) is 21.5. The highest BCUT2D eigenvalue weighted by atomic mass is 16.5. The van der Waals surface area contributed by atoms with Gasteiger partial charge < -0.3 is 19.5 Å². The van der Waals surface area contributed by atoms with Crippen LogP contribution in [0, 0.1) is 12.3 Å². The second kappa shape index (κ2) is 9.52. The summed E-state index contributed by atoms with van der Waals surface area (Å²) in [5, 5.41) is 7.28. The number of carbonyl (C=O) groups excluding carboxylic acids is 1. The number of aromatic nitrogens is 2. The molecule has 154 valence electrons. The molecule has 1 N–H and O–H groups in total. The predicted molar refractivity (Wildman–Crippen MR) is 115 cm³/mol. The largest absolute Gasteiger partial charge is 0.497 e. The van der Waals surface area contributed by atoms with Crippen molar-refractivity contribution in [2.45, 2.75) is 6.42 Å². The minimum Gasteiger partial charge on any atom is -0.497 e. The number of carbonyl (C=O) groups is 1. The highest BCUT2D eigenvalue weighted by Crippen LogP contribution is 2.35. The number of benzene rings is 2. The van der Waals surface area contributed by atoms with Gasteiger partial charge >= 0.3 is 0 Å². The lowest BCUT2D eigenvalue weighted by atomic mass is 10.1. The number of amides is 1. The first-order valence-electron chi connectivity index (χ1n) is 9.25. The summed E-state index contributed by atoms with van der Waals surface area (Å²) in [5.41, 5.74) is 2.47. The molecule has 1 heterocycles. The molecule has 0 fully saturated rings. The topological polar surface area (TPSA) is 74.6 Å². The van der Waals surface area contributed by atoms with Crippen LogP contribution in [0.1, 0.15) is 5.56 Å². The van der Waals surface area contributed by atoms with Gasteiger partial charge in [0.15, 0.2) is 17.3 Å². The summed E-state index contributed by atoms with van der Waals surface area (Å²) in [6.07, 6.45) is 7.31. The Labute approximate surface area is 175 Å². The van der Waals surface area contributed by atoms with Gasteiger partial charge in [-0.2, -0.15) is 5.10 Å². The molecule has 0 unspecified atom stereocenters. The van der Waals surface area contributed by atoms with E-state index in [1.165, 1.54) is 0 Å². The molecule has 3 aromatic rings. The normalized spacial score (nSPS) is 10.2. The number of methoxy groups -OCH3 is 2. The van der Waals surface area contributed by atoms with E-state index in [2.05, 4.69) is 16.3 Å². The molecule has 30 heavy (non-hydrogen) atoms. The highest BCUT2D eigenvalue weighted by molar-refractivity contribution is 5.95. The third-order valence-electron chi connectivity index (χ3n) is 4.40. The predicted octanol–water partition coefficient (Wildman–Crippen LogP) is 3.30. The molecular weight excluding hydrogens is 382 g/mol. The number of ether oxygens (including phenoxy) is 3. The molecule has 0 aliphatic heterocycles. The zero-order valence-corrected chi connectivity index (χ0v) is 17.1. The molecule has 7 heteroatoms. The summed E-state index contributed by atoms with van der Waals surface area (Å²) in [4.78, 5) is 12.6. The molecule has 0 aliphatic carbocycles. The summed E-state index contributed by atoms with van der Waals surface area (Å²) in [6.45, 7) is 0.148. The Kier molecular flexibility index (Phi) is 6.60. The lowest BCUT2D eigenvalue weighted by Gasteiger charge is -2.11. The van der Waals surface area contributed by atoms with Gasteiger partial charge in [0.1, 0.15) is 12.4 Å². The molecule has 0 saturated heterocycles. The Balaban J connectivity index is 1.80. The lowest BCUT2D eigenvalue weighted by Crippen LogP contribution is -2.15. The fourth-order valence-corrected chi connectivity index (χ4v) is 2.97. The van der Waals surface area contributed by atoms with E-state index in [1.807, 2.05) is 42.6 Å². The monoisotopic (exact) mass is 405 g/mol. The van der Waals surface area contributed by atoms with Crippen molar-refractivity contribution in [2.24, 2.45) is 7.05 Å². The second-order valence-electron chi connectivity index (χ2n) is 6.50. The van der Waals surface area contributed by atoms with E-state index < -0.39 is 0 Å². The Morgan fingerprint density at radius 3 is 2.57 bits per heavy atom. The Hall–Kier alpha value is -3.92. The molecule has 0 saturated carbocycles. The van der Waals surface area contributed by atoms with E-state index in [4.69, 9.17) is 20.6 Å². The van der Waals surface area contributed by atoms with Gasteiger partial charge in [-0.3, -0.25) is 9.48 Å². The first-order chi connectivity index (χ1) is 14.5. The van der Waals surface area contributed by atoms with Crippen LogP contribution < -0.4 is 19.5 Å². The molecule has 3 rings (SSSR count). The number of hydrogen-bond acceptors (Lipinski definition) is 5. The van der Waals surface area contributed by atoms with Crippen molar-refractivity contribution in [3.05, 3.63) is 54.2 Å². The summed E-state index contributed by atoms with van der Waals surface area (Å²) in [7, 11) is 4.96. The minimum absolute atomic E-state index is 0.148. The van der Waals surface area contributed by atoms with Crippen LogP contribution in [0.25, 0.3) is 11.1 Å². The first kappa shape index (κ1) is 20.8. The van der Waals surface area contributed by atoms with Crippen LogP contribution in [0.5, 0.6) is 17.2 Å². The summed E-state index contributed by atoms with van der Waals surface area (Å²) in [6, 6.07) is 12.8. The van der Waals surface area contributed by atoms with E-state index in [9.17, 15) is 4.79 Å². The number of rotatable bonds is 8. The molecular formula is C23H23N3O4. The Bertz CT molecular complexity index is 1070. The van der Waals surface area contributed by atoms with Crippen LogP contribution in [-0.2, 0) is 18.3 Å². The maximum Gasteiger partial charge on any atom is 0.230 e. The Morgan fingerprint density at radius 2 is 1.90 bits per heavy atom. The van der Waals surface area contributed by atoms with Gasteiger partial charge in [0.05, 0.1) is 20.6 Å². The number of terminal acetylenes is 1. The fourth-order valence-electron chi connectivity index (χ4n) is 2.97. The summed E-state index contributed by atoms with van der Waals surface area (Å²) >= 11 is 0. The van der Waals surface area contributed by atoms with Crippen molar-refractivity contribution in [1.82, 2.24) is 9.78 Å². The van der Waals surface area contributed by atoms with E-state index >= 15 is 0 Å². The molecule has 0 spiro atoms. The molecule has 7 nitrogen and oxygen atoms in total. The molecule has 0 atom stereocenters. The quantitative estimate of drug-likeness (QED) is 0.582. The lowest BCUT2D eigenvalue weighted by molar-refractivity contribution is -0.115. The van der Waals surface area contributed by atoms with Crippen molar-refractivity contribution < 1.29 is 19.0 Å². The molecule has 2 aromatic carbocycles. The van der Waals surface area contributed by atoms with Crippen molar-refractivity contribution >= 4 is 11.7 Å². The third kappa shape index (κ3) is 4.92. The molecule has 1 aromatic heterocycles. The van der Waals surface area contributed by atoms with Gasteiger partial charge in [-0.25, -0.2) is 0 Å². The van der Waals surface area contributed by atoms with Gasteiger partial charge in [-0.1, -0.05) is 24.1 Å². The van der Waals surface area contributed by atoms with E-state index in [0.717, 1.165) is 22.4 Å².